The van der Waals surface area contributed by atoms with Gasteiger partial charge in [-0.2, -0.15) is 0 Å². The Hall–Kier alpha value is -0.980. The van der Waals surface area contributed by atoms with Gasteiger partial charge >= 0.3 is 0 Å². The molecule has 0 N–H and O–H groups in total. The molecule has 1 nitrogen and oxygen atoms in total. The van der Waals surface area contributed by atoms with E-state index in [1.807, 2.05) is 18.2 Å². The van der Waals surface area contributed by atoms with Crippen LogP contribution in [-0.4, -0.2) is 0 Å². The number of ether oxygens (including phenoxy) is 1. The van der Waals surface area contributed by atoms with Gasteiger partial charge in [-0.1, -0.05) is 31.5 Å². The van der Waals surface area contributed by atoms with Gasteiger partial charge in [-0.3, -0.25) is 0 Å². The molecule has 0 unspecified atom stereocenters. The van der Waals surface area contributed by atoms with Crippen molar-refractivity contribution in [2.45, 2.75) is 19.8 Å². The van der Waals surface area contributed by atoms with Gasteiger partial charge in [-0.25, -0.2) is 0 Å². The first kappa shape index (κ1) is 8.12. The number of hydrogen-bond acceptors (Lipinski definition) is 1. The molecular formula is C10H13O. The van der Waals surface area contributed by atoms with Crippen molar-refractivity contribution in [3.05, 3.63) is 36.9 Å². The van der Waals surface area contributed by atoms with E-state index in [1.165, 1.54) is 5.56 Å². The van der Waals surface area contributed by atoms with Crippen LogP contribution in [-0.2, 0) is 6.42 Å². The molecule has 0 atom stereocenters. The maximum Gasteiger partial charge on any atom is 0.122 e. The van der Waals surface area contributed by atoms with Crippen molar-refractivity contribution in [3.63, 3.8) is 0 Å². The zero-order chi connectivity index (χ0) is 8.10. The van der Waals surface area contributed by atoms with E-state index >= 15 is 0 Å². The first-order valence-electron chi connectivity index (χ1n) is 3.88. The molecule has 0 aliphatic rings. The van der Waals surface area contributed by atoms with Crippen molar-refractivity contribution >= 4 is 0 Å². The minimum Gasteiger partial charge on any atom is -0.490 e. The van der Waals surface area contributed by atoms with Crippen molar-refractivity contribution in [2.24, 2.45) is 0 Å². The van der Waals surface area contributed by atoms with Gasteiger partial charge < -0.3 is 4.74 Å². The van der Waals surface area contributed by atoms with E-state index in [1.54, 1.807) is 0 Å². The highest BCUT2D eigenvalue weighted by Crippen LogP contribution is 2.18. The predicted molar refractivity (Wildman–Crippen MR) is 46.4 cm³/mol. The van der Waals surface area contributed by atoms with E-state index in [4.69, 9.17) is 4.74 Å². The molecular weight excluding hydrogens is 136 g/mol. The molecule has 0 amide bonds. The van der Waals surface area contributed by atoms with Crippen LogP contribution in [0.2, 0.25) is 0 Å². The molecule has 0 fully saturated rings. The minimum atomic E-state index is 0.898. The molecule has 0 aliphatic heterocycles. The lowest BCUT2D eigenvalue weighted by Gasteiger charge is -2.05. The summed E-state index contributed by atoms with van der Waals surface area (Å²) in [6.45, 7) is 2.15. The van der Waals surface area contributed by atoms with E-state index in [0.29, 0.717) is 0 Å². The zero-order valence-corrected chi connectivity index (χ0v) is 6.84. The van der Waals surface area contributed by atoms with Crippen molar-refractivity contribution < 1.29 is 4.74 Å². The molecule has 0 heterocycles. The van der Waals surface area contributed by atoms with Crippen LogP contribution >= 0.6 is 0 Å². The largest absolute Gasteiger partial charge is 0.490 e. The molecule has 1 heteroatoms. The lowest BCUT2D eigenvalue weighted by molar-refractivity contribution is 0.466. The Balaban J connectivity index is 2.83. The highest BCUT2D eigenvalue weighted by Gasteiger charge is 1.97. The van der Waals surface area contributed by atoms with Crippen molar-refractivity contribution in [1.82, 2.24) is 0 Å². The molecule has 1 aromatic carbocycles. The van der Waals surface area contributed by atoms with Gasteiger partial charge in [0.15, 0.2) is 0 Å². The lowest BCUT2D eigenvalue weighted by atomic mass is 10.1. The third-order valence-corrected chi connectivity index (χ3v) is 1.65. The Kier molecular flexibility index (Phi) is 2.96. The Morgan fingerprint density at radius 1 is 1.36 bits per heavy atom. The van der Waals surface area contributed by atoms with Crippen LogP contribution in [0, 0.1) is 7.11 Å². The molecule has 0 saturated heterocycles. The Bertz CT molecular complexity index is 218. The third kappa shape index (κ3) is 1.97. The fraction of sp³-hybridized carbons (Fsp3) is 0.300. The van der Waals surface area contributed by atoms with Crippen LogP contribution in [0.5, 0.6) is 5.75 Å². The number of hydrogen-bond donors (Lipinski definition) is 0. The number of benzene rings is 1. The molecule has 1 radical (unpaired) electrons. The van der Waals surface area contributed by atoms with E-state index in [9.17, 15) is 0 Å². The van der Waals surface area contributed by atoms with Gasteiger partial charge in [0.25, 0.3) is 0 Å². The van der Waals surface area contributed by atoms with Crippen molar-refractivity contribution in [2.75, 3.05) is 0 Å². The normalized spacial score (nSPS) is 9.64. The highest BCUT2D eigenvalue weighted by molar-refractivity contribution is 5.33. The minimum absolute atomic E-state index is 0.898. The number of para-hydroxylation sites is 1. The maximum atomic E-state index is 4.95. The Morgan fingerprint density at radius 2 is 2.09 bits per heavy atom. The van der Waals surface area contributed by atoms with Crippen molar-refractivity contribution in [1.29, 1.82) is 0 Å². The van der Waals surface area contributed by atoms with Crippen LogP contribution in [0.3, 0.4) is 0 Å². The van der Waals surface area contributed by atoms with E-state index < -0.39 is 0 Å². The summed E-state index contributed by atoms with van der Waals surface area (Å²) >= 11 is 0. The number of rotatable bonds is 3. The summed E-state index contributed by atoms with van der Waals surface area (Å²) in [5.74, 6) is 0.898. The van der Waals surface area contributed by atoms with Crippen molar-refractivity contribution in [3.8, 4) is 5.75 Å². The smallest absolute Gasteiger partial charge is 0.122 e. The van der Waals surface area contributed by atoms with Gasteiger partial charge in [0.2, 0.25) is 0 Å². The first-order chi connectivity index (χ1) is 5.38. The second-order valence-electron chi connectivity index (χ2n) is 2.50. The third-order valence-electron chi connectivity index (χ3n) is 1.65. The van der Waals surface area contributed by atoms with E-state index in [2.05, 4.69) is 20.1 Å². The lowest BCUT2D eigenvalue weighted by Crippen LogP contribution is -1.88. The molecule has 11 heavy (non-hydrogen) atoms. The van der Waals surface area contributed by atoms with Crippen LogP contribution < -0.4 is 4.74 Å². The molecule has 1 aromatic rings. The quantitative estimate of drug-likeness (QED) is 0.642. The predicted octanol–water partition coefficient (Wildman–Crippen LogP) is 2.81. The molecule has 1 rings (SSSR count). The zero-order valence-electron chi connectivity index (χ0n) is 6.84. The average Bonchev–Trinajstić information content (AvgIpc) is 2.06. The molecule has 0 aliphatic carbocycles. The Labute approximate surface area is 68.0 Å². The Morgan fingerprint density at radius 3 is 2.73 bits per heavy atom. The summed E-state index contributed by atoms with van der Waals surface area (Å²) in [6.07, 6.45) is 2.20. The van der Waals surface area contributed by atoms with Crippen LogP contribution in [0.4, 0.5) is 0 Å². The second kappa shape index (κ2) is 4.02. The first-order valence-corrected chi connectivity index (χ1v) is 3.88. The highest BCUT2D eigenvalue weighted by atomic mass is 16.5. The summed E-state index contributed by atoms with van der Waals surface area (Å²) in [6, 6.07) is 8.00. The SMILES string of the molecule is [CH2]Oc1ccccc1CCC. The maximum absolute atomic E-state index is 4.95. The standard InChI is InChI=1S/C10H13O/c1-3-6-9-7-4-5-8-10(9)11-2/h4-5,7-8H,2-3,6H2,1H3. The molecule has 0 aromatic heterocycles. The summed E-state index contributed by atoms with van der Waals surface area (Å²) in [5.41, 5.74) is 1.24. The topological polar surface area (TPSA) is 9.23 Å². The fourth-order valence-electron chi connectivity index (χ4n) is 1.12. The van der Waals surface area contributed by atoms with Gasteiger partial charge in [0.05, 0.1) is 0 Å². The van der Waals surface area contributed by atoms with Crippen LogP contribution in [0.25, 0.3) is 0 Å². The van der Waals surface area contributed by atoms with Gasteiger partial charge in [0, 0.05) is 0 Å². The summed E-state index contributed by atoms with van der Waals surface area (Å²) in [7, 11) is 3.40. The van der Waals surface area contributed by atoms with Gasteiger partial charge in [-0.05, 0) is 18.1 Å². The molecule has 0 bridgehead atoms. The van der Waals surface area contributed by atoms with Crippen LogP contribution in [0.15, 0.2) is 24.3 Å². The molecule has 59 valence electrons. The molecule has 0 saturated carbocycles. The van der Waals surface area contributed by atoms with Gasteiger partial charge in [0.1, 0.15) is 12.9 Å². The van der Waals surface area contributed by atoms with Gasteiger partial charge in [-0.15, -0.1) is 0 Å². The second-order valence-corrected chi connectivity index (χ2v) is 2.50. The molecule has 0 spiro atoms. The fourth-order valence-corrected chi connectivity index (χ4v) is 1.12. The monoisotopic (exact) mass is 149 g/mol. The van der Waals surface area contributed by atoms with Crippen LogP contribution in [0.1, 0.15) is 18.9 Å². The summed E-state index contributed by atoms with van der Waals surface area (Å²) in [4.78, 5) is 0. The average molecular weight is 149 g/mol. The number of aryl methyl sites for hydroxylation is 1. The summed E-state index contributed by atoms with van der Waals surface area (Å²) < 4.78 is 4.95. The van der Waals surface area contributed by atoms with E-state index in [-0.39, 0.29) is 0 Å². The summed E-state index contributed by atoms with van der Waals surface area (Å²) in [5, 5.41) is 0. The van der Waals surface area contributed by atoms with E-state index in [0.717, 1.165) is 18.6 Å².